The van der Waals surface area contributed by atoms with Crippen molar-refractivity contribution >= 4 is 16.6 Å². The van der Waals surface area contributed by atoms with Gasteiger partial charge in [0.2, 0.25) is 0 Å². The summed E-state index contributed by atoms with van der Waals surface area (Å²) in [7, 11) is 0. The van der Waals surface area contributed by atoms with Crippen LogP contribution in [0.4, 0.5) is 5.69 Å². The molecule has 1 aromatic heterocycles. The third kappa shape index (κ3) is 2.43. The molecule has 3 rings (SSSR count). The second-order valence-electron chi connectivity index (χ2n) is 5.50. The maximum absolute atomic E-state index is 9.80. The van der Waals surface area contributed by atoms with Crippen molar-refractivity contribution in [1.82, 2.24) is 4.98 Å². The van der Waals surface area contributed by atoms with Gasteiger partial charge in [0.1, 0.15) is 0 Å². The number of fused-ring (bicyclic) bond motifs is 1. The first-order valence-corrected chi connectivity index (χ1v) is 7.06. The van der Waals surface area contributed by atoms with E-state index in [0.29, 0.717) is 0 Å². The largest absolute Gasteiger partial charge is 0.394 e. The summed E-state index contributed by atoms with van der Waals surface area (Å²) in [6, 6.07) is 10.1. The van der Waals surface area contributed by atoms with Gasteiger partial charge in [0.15, 0.2) is 0 Å². The lowest BCUT2D eigenvalue weighted by atomic mass is 9.82. The smallest absolute Gasteiger partial charge is 0.0722 e. The Kier molecular flexibility index (Phi) is 3.38. The van der Waals surface area contributed by atoms with Crippen LogP contribution in [-0.4, -0.2) is 22.2 Å². The van der Waals surface area contributed by atoms with E-state index in [0.717, 1.165) is 29.4 Å². The van der Waals surface area contributed by atoms with Crippen LogP contribution in [0.3, 0.4) is 0 Å². The molecule has 2 N–H and O–H groups in total. The number of aliphatic hydroxyl groups excluding tert-OH is 1. The standard InChI is InChI=1S/C16H20N2O/c19-12-16(9-4-1-5-10-16)18-15-8-11-17-14-7-3-2-6-13(14)15/h2-3,6-8,11,19H,1,4-5,9-10,12H2,(H,17,18). The molecule has 100 valence electrons. The van der Waals surface area contributed by atoms with E-state index < -0.39 is 0 Å². The Morgan fingerprint density at radius 2 is 1.89 bits per heavy atom. The highest BCUT2D eigenvalue weighted by molar-refractivity contribution is 5.91. The number of pyridine rings is 1. The number of anilines is 1. The molecular formula is C16H20N2O. The SMILES string of the molecule is OCC1(Nc2ccnc3ccccc23)CCCCC1. The fourth-order valence-corrected chi connectivity index (χ4v) is 3.04. The zero-order valence-corrected chi connectivity index (χ0v) is 11.1. The number of nitrogens with one attached hydrogen (secondary N) is 1. The van der Waals surface area contributed by atoms with Crippen LogP contribution in [0, 0.1) is 0 Å². The number of hydrogen-bond acceptors (Lipinski definition) is 3. The summed E-state index contributed by atoms with van der Waals surface area (Å²) in [6.07, 6.45) is 7.58. The number of rotatable bonds is 3. The summed E-state index contributed by atoms with van der Waals surface area (Å²) in [5, 5.41) is 14.5. The monoisotopic (exact) mass is 256 g/mol. The van der Waals surface area contributed by atoms with E-state index >= 15 is 0 Å². The van der Waals surface area contributed by atoms with Crippen LogP contribution in [0.5, 0.6) is 0 Å². The molecule has 1 aromatic carbocycles. The average Bonchev–Trinajstić information content (AvgIpc) is 2.49. The first kappa shape index (κ1) is 12.4. The van der Waals surface area contributed by atoms with E-state index in [2.05, 4.69) is 16.4 Å². The van der Waals surface area contributed by atoms with Gasteiger partial charge in [-0.3, -0.25) is 4.98 Å². The Labute approximate surface area is 113 Å². The topological polar surface area (TPSA) is 45.1 Å². The van der Waals surface area contributed by atoms with E-state index in [9.17, 15) is 5.11 Å². The van der Waals surface area contributed by atoms with Crippen LogP contribution in [0.2, 0.25) is 0 Å². The highest BCUT2D eigenvalue weighted by Crippen LogP contribution is 2.33. The van der Waals surface area contributed by atoms with E-state index in [-0.39, 0.29) is 12.1 Å². The van der Waals surface area contributed by atoms with Gasteiger partial charge < -0.3 is 10.4 Å². The quantitative estimate of drug-likeness (QED) is 0.885. The number of nitrogens with zero attached hydrogens (tertiary/aromatic N) is 1. The van der Waals surface area contributed by atoms with Crippen molar-refractivity contribution in [1.29, 1.82) is 0 Å². The van der Waals surface area contributed by atoms with E-state index in [1.807, 2.05) is 30.5 Å². The zero-order valence-electron chi connectivity index (χ0n) is 11.1. The molecular weight excluding hydrogens is 236 g/mol. The molecule has 3 nitrogen and oxygen atoms in total. The van der Waals surface area contributed by atoms with Crippen LogP contribution in [0.15, 0.2) is 36.5 Å². The lowest BCUT2D eigenvalue weighted by Gasteiger charge is -2.37. The van der Waals surface area contributed by atoms with Crippen LogP contribution >= 0.6 is 0 Å². The molecule has 0 aliphatic heterocycles. The van der Waals surface area contributed by atoms with Gasteiger partial charge in [-0.25, -0.2) is 0 Å². The number of aromatic nitrogens is 1. The van der Waals surface area contributed by atoms with Gasteiger partial charge in [-0.15, -0.1) is 0 Å². The van der Waals surface area contributed by atoms with Crippen LogP contribution < -0.4 is 5.32 Å². The predicted molar refractivity (Wildman–Crippen MR) is 78.3 cm³/mol. The molecule has 0 saturated heterocycles. The fraction of sp³-hybridized carbons (Fsp3) is 0.438. The zero-order chi connectivity index (χ0) is 13.1. The summed E-state index contributed by atoms with van der Waals surface area (Å²) < 4.78 is 0. The number of aliphatic hydroxyl groups is 1. The fourth-order valence-electron chi connectivity index (χ4n) is 3.04. The van der Waals surface area contributed by atoms with Crippen molar-refractivity contribution in [2.24, 2.45) is 0 Å². The minimum atomic E-state index is -0.150. The maximum atomic E-state index is 9.80. The molecule has 0 amide bonds. The lowest BCUT2D eigenvalue weighted by Crippen LogP contribution is -2.43. The Morgan fingerprint density at radius 3 is 2.68 bits per heavy atom. The van der Waals surface area contributed by atoms with Gasteiger partial charge >= 0.3 is 0 Å². The molecule has 1 fully saturated rings. The van der Waals surface area contributed by atoms with Crippen molar-refractivity contribution in [3.8, 4) is 0 Å². The van der Waals surface area contributed by atoms with Gasteiger partial charge in [-0.05, 0) is 25.0 Å². The number of benzene rings is 1. The van der Waals surface area contributed by atoms with Gasteiger partial charge in [0.25, 0.3) is 0 Å². The number of hydrogen-bond donors (Lipinski definition) is 2. The molecule has 0 unspecified atom stereocenters. The van der Waals surface area contributed by atoms with Gasteiger partial charge in [-0.2, -0.15) is 0 Å². The van der Waals surface area contributed by atoms with Crippen molar-refractivity contribution < 1.29 is 5.11 Å². The van der Waals surface area contributed by atoms with E-state index in [1.165, 1.54) is 19.3 Å². The Bertz CT molecular complexity index is 556. The summed E-state index contributed by atoms with van der Waals surface area (Å²) in [6.45, 7) is 0.198. The average molecular weight is 256 g/mol. The molecule has 1 aliphatic carbocycles. The van der Waals surface area contributed by atoms with Gasteiger partial charge in [0, 0.05) is 17.3 Å². The summed E-state index contributed by atoms with van der Waals surface area (Å²) >= 11 is 0. The van der Waals surface area contributed by atoms with E-state index in [1.54, 1.807) is 0 Å². The van der Waals surface area contributed by atoms with Crippen molar-refractivity contribution in [2.45, 2.75) is 37.6 Å². The maximum Gasteiger partial charge on any atom is 0.0722 e. The molecule has 1 heterocycles. The summed E-state index contributed by atoms with van der Waals surface area (Å²) in [5.74, 6) is 0. The molecule has 1 saturated carbocycles. The minimum absolute atomic E-state index is 0.150. The molecule has 2 aromatic rings. The number of para-hydroxylation sites is 1. The van der Waals surface area contributed by atoms with Crippen LogP contribution in [-0.2, 0) is 0 Å². The summed E-state index contributed by atoms with van der Waals surface area (Å²) in [4.78, 5) is 4.38. The molecule has 1 aliphatic rings. The van der Waals surface area contributed by atoms with E-state index in [4.69, 9.17) is 0 Å². The summed E-state index contributed by atoms with van der Waals surface area (Å²) in [5.41, 5.74) is 1.93. The molecule has 3 heteroatoms. The molecule has 0 atom stereocenters. The molecule has 0 radical (unpaired) electrons. The lowest BCUT2D eigenvalue weighted by molar-refractivity contribution is 0.173. The predicted octanol–water partition coefficient (Wildman–Crippen LogP) is 3.34. The molecule has 0 spiro atoms. The minimum Gasteiger partial charge on any atom is -0.394 e. The van der Waals surface area contributed by atoms with Gasteiger partial charge in [0.05, 0.1) is 17.7 Å². The molecule has 0 bridgehead atoms. The van der Waals surface area contributed by atoms with Crippen LogP contribution in [0.1, 0.15) is 32.1 Å². The van der Waals surface area contributed by atoms with Crippen molar-refractivity contribution in [2.75, 3.05) is 11.9 Å². The second kappa shape index (κ2) is 5.17. The normalized spacial score (nSPS) is 18.4. The Balaban J connectivity index is 1.96. The Hall–Kier alpha value is -1.61. The second-order valence-corrected chi connectivity index (χ2v) is 5.50. The van der Waals surface area contributed by atoms with Crippen molar-refractivity contribution in [3.63, 3.8) is 0 Å². The first-order valence-electron chi connectivity index (χ1n) is 7.06. The highest BCUT2D eigenvalue weighted by Gasteiger charge is 2.31. The molecule has 19 heavy (non-hydrogen) atoms. The van der Waals surface area contributed by atoms with Crippen molar-refractivity contribution in [3.05, 3.63) is 36.5 Å². The third-order valence-corrected chi connectivity index (χ3v) is 4.16. The van der Waals surface area contributed by atoms with Crippen LogP contribution in [0.25, 0.3) is 10.9 Å². The third-order valence-electron chi connectivity index (χ3n) is 4.16. The van der Waals surface area contributed by atoms with Gasteiger partial charge in [-0.1, -0.05) is 37.5 Å². The highest BCUT2D eigenvalue weighted by atomic mass is 16.3. The Morgan fingerprint density at radius 1 is 1.11 bits per heavy atom. The first-order chi connectivity index (χ1) is 9.33.